The Bertz CT molecular complexity index is 237. The van der Waals surface area contributed by atoms with Gasteiger partial charge in [-0.25, -0.2) is 0 Å². The predicted molar refractivity (Wildman–Crippen MR) is 40.2 cm³/mol. The molecule has 0 bridgehead atoms. The summed E-state index contributed by atoms with van der Waals surface area (Å²) in [5.74, 6) is 0.615. The second kappa shape index (κ2) is 3.20. The van der Waals surface area contributed by atoms with Crippen LogP contribution in [0, 0.1) is 0 Å². The Morgan fingerprint density at radius 3 is 3.25 bits per heavy atom. The third-order valence-electron chi connectivity index (χ3n) is 2.01. The molecule has 1 aromatic rings. The number of hydrogen-bond donors (Lipinski definition) is 1. The second-order valence-electron chi connectivity index (χ2n) is 3.01. The highest BCUT2D eigenvalue weighted by Crippen LogP contribution is 2.11. The summed E-state index contributed by atoms with van der Waals surface area (Å²) in [5.41, 5.74) is 0. The molecule has 1 saturated heterocycles. The summed E-state index contributed by atoms with van der Waals surface area (Å²) in [4.78, 5) is 6.00. The lowest BCUT2D eigenvalue weighted by molar-refractivity contribution is 0.169. The van der Waals surface area contributed by atoms with Crippen LogP contribution in [0.5, 0.6) is 0 Å². The van der Waals surface area contributed by atoms with E-state index in [4.69, 9.17) is 4.52 Å². The van der Waals surface area contributed by atoms with E-state index in [1.165, 1.54) is 6.33 Å². The highest BCUT2D eigenvalue weighted by Gasteiger charge is 2.21. The van der Waals surface area contributed by atoms with Gasteiger partial charge in [0.1, 0.15) is 0 Å². The highest BCUT2D eigenvalue weighted by molar-refractivity contribution is 4.80. The number of likely N-dealkylation sites (tertiary alicyclic amines) is 1. The lowest BCUT2D eigenvalue weighted by atomic mass is 10.3. The van der Waals surface area contributed by atoms with Gasteiger partial charge in [0.05, 0.1) is 12.6 Å². The minimum Gasteiger partial charge on any atom is -0.392 e. The summed E-state index contributed by atoms with van der Waals surface area (Å²) in [6.45, 7) is 2.27. The summed E-state index contributed by atoms with van der Waals surface area (Å²) in [6, 6.07) is 0. The van der Waals surface area contributed by atoms with E-state index in [0.717, 1.165) is 13.0 Å². The molecular formula is C7H11N3O2. The molecule has 2 heterocycles. The van der Waals surface area contributed by atoms with Crippen LogP contribution in [0.2, 0.25) is 0 Å². The average Bonchev–Trinajstić information content (AvgIpc) is 2.63. The molecule has 5 nitrogen and oxygen atoms in total. The van der Waals surface area contributed by atoms with Crippen LogP contribution in [0.1, 0.15) is 12.3 Å². The van der Waals surface area contributed by atoms with Gasteiger partial charge in [0, 0.05) is 13.1 Å². The number of nitrogens with zero attached hydrogens (tertiary/aromatic N) is 3. The average molecular weight is 169 g/mol. The molecule has 5 heteroatoms. The highest BCUT2D eigenvalue weighted by atomic mass is 16.5. The number of hydrogen-bond acceptors (Lipinski definition) is 5. The van der Waals surface area contributed by atoms with Crippen LogP contribution in [-0.4, -0.2) is 39.3 Å². The van der Waals surface area contributed by atoms with Crippen LogP contribution in [0.3, 0.4) is 0 Å². The molecule has 66 valence electrons. The molecule has 0 aromatic carbocycles. The topological polar surface area (TPSA) is 62.4 Å². The van der Waals surface area contributed by atoms with Crippen LogP contribution in [0.4, 0.5) is 0 Å². The number of rotatable bonds is 2. The lowest BCUT2D eigenvalue weighted by Crippen LogP contribution is -2.21. The zero-order valence-corrected chi connectivity index (χ0v) is 6.68. The maximum absolute atomic E-state index is 9.22. The first kappa shape index (κ1) is 7.70. The van der Waals surface area contributed by atoms with Gasteiger partial charge < -0.3 is 9.63 Å². The summed E-state index contributed by atoms with van der Waals surface area (Å²) in [5, 5.41) is 12.7. The van der Waals surface area contributed by atoms with E-state index in [9.17, 15) is 5.11 Å². The quantitative estimate of drug-likeness (QED) is 0.654. The fourth-order valence-corrected chi connectivity index (χ4v) is 1.41. The van der Waals surface area contributed by atoms with Crippen LogP contribution in [0.25, 0.3) is 0 Å². The molecule has 0 amide bonds. The van der Waals surface area contributed by atoms with Crippen molar-refractivity contribution in [1.82, 2.24) is 15.0 Å². The number of aromatic nitrogens is 2. The molecule has 0 aliphatic carbocycles. The standard InChI is InChI=1S/C7H11N3O2/c11-6-1-2-10(3-6)4-7-8-5-9-12-7/h5-6,11H,1-4H2/t6-/m1/s1. The first-order valence-electron chi connectivity index (χ1n) is 4.00. The van der Waals surface area contributed by atoms with Gasteiger partial charge in [0.15, 0.2) is 6.33 Å². The van der Waals surface area contributed by atoms with Crippen LogP contribution in [-0.2, 0) is 6.54 Å². The molecule has 1 atom stereocenters. The zero-order chi connectivity index (χ0) is 8.39. The Hall–Kier alpha value is -0.940. The number of aliphatic hydroxyl groups excluding tert-OH is 1. The Balaban J connectivity index is 1.88. The summed E-state index contributed by atoms with van der Waals surface area (Å²) in [7, 11) is 0. The van der Waals surface area contributed by atoms with Crippen molar-refractivity contribution < 1.29 is 9.63 Å². The fraction of sp³-hybridized carbons (Fsp3) is 0.714. The molecule has 0 radical (unpaired) electrons. The first-order valence-corrected chi connectivity index (χ1v) is 4.00. The molecular weight excluding hydrogens is 158 g/mol. The van der Waals surface area contributed by atoms with Crippen molar-refractivity contribution in [2.45, 2.75) is 19.1 Å². The van der Waals surface area contributed by atoms with Gasteiger partial charge in [-0.2, -0.15) is 4.98 Å². The van der Waals surface area contributed by atoms with Crippen LogP contribution in [0.15, 0.2) is 10.9 Å². The second-order valence-corrected chi connectivity index (χ2v) is 3.01. The van der Waals surface area contributed by atoms with Gasteiger partial charge >= 0.3 is 0 Å². The Kier molecular flexibility index (Phi) is 2.05. The molecule has 2 rings (SSSR count). The van der Waals surface area contributed by atoms with Crippen molar-refractivity contribution >= 4 is 0 Å². The number of aliphatic hydroxyl groups is 1. The van der Waals surface area contributed by atoms with E-state index in [1.807, 2.05) is 0 Å². The minimum absolute atomic E-state index is 0.187. The maximum atomic E-state index is 9.22. The molecule has 12 heavy (non-hydrogen) atoms. The monoisotopic (exact) mass is 169 g/mol. The smallest absolute Gasteiger partial charge is 0.240 e. The third kappa shape index (κ3) is 1.62. The van der Waals surface area contributed by atoms with Gasteiger partial charge in [-0.3, -0.25) is 4.90 Å². The van der Waals surface area contributed by atoms with Crippen molar-refractivity contribution in [1.29, 1.82) is 0 Å². The molecule has 1 aromatic heterocycles. The summed E-state index contributed by atoms with van der Waals surface area (Å²) in [6.07, 6.45) is 2.05. The molecule has 0 saturated carbocycles. The molecule has 0 unspecified atom stereocenters. The van der Waals surface area contributed by atoms with Gasteiger partial charge in [0.2, 0.25) is 5.89 Å². The van der Waals surface area contributed by atoms with Crippen LogP contribution >= 0.6 is 0 Å². The van der Waals surface area contributed by atoms with Crippen molar-refractivity contribution in [3.05, 3.63) is 12.2 Å². The molecule has 1 aliphatic rings. The third-order valence-corrected chi connectivity index (χ3v) is 2.01. The van der Waals surface area contributed by atoms with E-state index < -0.39 is 0 Å². The summed E-state index contributed by atoms with van der Waals surface area (Å²) >= 11 is 0. The zero-order valence-electron chi connectivity index (χ0n) is 6.68. The van der Waals surface area contributed by atoms with Gasteiger partial charge in [0.25, 0.3) is 0 Å². The van der Waals surface area contributed by atoms with Crippen molar-refractivity contribution in [3.63, 3.8) is 0 Å². The lowest BCUT2D eigenvalue weighted by Gasteiger charge is -2.10. The minimum atomic E-state index is -0.187. The molecule has 1 aliphatic heterocycles. The van der Waals surface area contributed by atoms with Gasteiger partial charge in [-0.05, 0) is 6.42 Å². The Morgan fingerprint density at radius 1 is 1.75 bits per heavy atom. The molecule has 0 spiro atoms. The molecule has 1 fully saturated rings. The van der Waals surface area contributed by atoms with E-state index in [1.54, 1.807) is 0 Å². The maximum Gasteiger partial charge on any atom is 0.240 e. The van der Waals surface area contributed by atoms with Crippen molar-refractivity contribution in [2.75, 3.05) is 13.1 Å². The van der Waals surface area contributed by atoms with Crippen molar-refractivity contribution in [3.8, 4) is 0 Å². The molecule has 1 N–H and O–H groups in total. The predicted octanol–water partition coefficient (Wildman–Crippen LogP) is -0.364. The van der Waals surface area contributed by atoms with E-state index in [0.29, 0.717) is 19.0 Å². The van der Waals surface area contributed by atoms with Gasteiger partial charge in [-0.15, -0.1) is 0 Å². The van der Waals surface area contributed by atoms with E-state index in [2.05, 4.69) is 15.0 Å². The van der Waals surface area contributed by atoms with Crippen molar-refractivity contribution in [2.24, 2.45) is 0 Å². The van der Waals surface area contributed by atoms with E-state index in [-0.39, 0.29) is 6.10 Å². The van der Waals surface area contributed by atoms with Crippen LogP contribution < -0.4 is 0 Å². The SMILES string of the molecule is O[C@@H]1CCN(Cc2ncno2)C1. The van der Waals surface area contributed by atoms with E-state index >= 15 is 0 Å². The Labute approximate surface area is 70.0 Å². The normalized spacial score (nSPS) is 24.9. The number of β-amino-alcohol motifs (C(OH)–C–C–N with tert-alkyl or cyclic N) is 1. The van der Waals surface area contributed by atoms with Gasteiger partial charge in [-0.1, -0.05) is 5.16 Å². The summed E-state index contributed by atoms with van der Waals surface area (Å²) < 4.78 is 4.85. The first-order chi connectivity index (χ1) is 5.84. The fourth-order valence-electron chi connectivity index (χ4n) is 1.41. The largest absolute Gasteiger partial charge is 0.392 e. The Morgan fingerprint density at radius 2 is 2.67 bits per heavy atom.